The summed E-state index contributed by atoms with van der Waals surface area (Å²) in [6, 6.07) is 2.37. The molecule has 0 aliphatic rings. The van der Waals surface area contributed by atoms with E-state index in [1.807, 2.05) is 6.26 Å². The molecule has 1 N–H and O–H groups in total. The Morgan fingerprint density at radius 2 is 2.00 bits per heavy atom. The van der Waals surface area contributed by atoms with Crippen molar-refractivity contribution in [3.05, 3.63) is 29.6 Å². The van der Waals surface area contributed by atoms with E-state index in [9.17, 15) is 17.6 Å². The van der Waals surface area contributed by atoms with Crippen LogP contribution in [-0.2, 0) is 6.18 Å². The predicted molar refractivity (Wildman–Crippen MR) is 62.9 cm³/mol. The van der Waals surface area contributed by atoms with Crippen molar-refractivity contribution in [3.8, 4) is 0 Å². The molecule has 0 saturated heterocycles. The van der Waals surface area contributed by atoms with Crippen molar-refractivity contribution in [2.75, 3.05) is 23.9 Å². The van der Waals surface area contributed by atoms with Crippen LogP contribution in [0.3, 0.4) is 0 Å². The Hall–Kier alpha value is -0.910. The highest BCUT2D eigenvalue weighted by molar-refractivity contribution is 7.98. The highest BCUT2D eigenvalue weighted by Crippen LogP contribution is 2.31. The number of thioether (sulfide) groups is 1. The van der Waals surface area contributed by atoms with Gasteiger partial charge in [0.15, 0.2) is 0 Å². The Morgan fingerprint density at radius 3 is 2.59 bits per heavy atom. The molecule has 0 fully saturated rings. The van der Waals surface area contributed by atoms with Crippen molar-refractivity contribution in [2.24, 2.45) is 0 Å². The maximum atomic E-state index is 13.2. The van der Waals surface area contributed by atoms with E-state index in [0.29, 0.717) is 6.54 Å². The van der Waals surface area contributed by atoms with Gasteiger partial charge in [-0.1, -0.05) is 0 Å². The van der Waals surface area contributed by atoms with Crippen LogP contribution in [-0.4, -0.2) is 18.6 Å². The fourth-order valence-corrected chi connectivity index (χ4v) is 1.71. The minimum atomic E-state index is -4.44. The molecular formula is C11H13F4NS. The Bertz CT molecular complexity index is 365. The first-order chi connectivity index (χ1) is 7.95. The number of nitrogens with one attached hydrogen (secondary N) is 1. The topological polar surface area (TPSA) is 12.0 Å². The smallest absolute Gasteiger partial charge is 0.383 e. The van der Waals surface area contributed by atoms with Gasteiger partial charge in [0.05, 0.1) is 11.3 Å². The van der Waals surface area contributed by atoms with Crippen LogP contribution in [0.15, 0.2) is 18.2 Å². The lowest BCUT2D eigenvalue weighted by molar-refractivity contribution is -0.137. The third-order valence-electron chi connectivity index (χ3n) is 2.13. The van der Waals surface area contributed by atoms with Crippen LogP contribution in [0.2, 0.25) is 0 Å². The second-order valence-electron chi connectivity index (χ2n) is 3.47. The molecule has 0 aliphatic heterocycles. The Kier molecular flexibility index (Phi) is 5.11. The maximum Gasteiger partial charge on any atom is 0.416 e. The first-order valence-electron chi connectivity index (χ1n) is 5.04. The van der Waals surface area contributed by atoms with Gasteiger partial charge < -0.3 is 5.32 Å². The summed E-state index contributed by atoms with van der Waals surface area (Å²) in [5, 5.41) is 2.67. The number of benzene rings is 1. The fraction of sp³-hybridized carbons (Fsp3) is 0.455. The minimum absolute atomic E-state index is 0.0964. The van der Waals surface area contributed by atoms with E-state index in [1.54, 1.807) is 11.8 Å². The standard InChI is InChI=1S/C11H13F4NS/c1-17-6-2-5-16-10-7-8(11(13,14)15)3-4-9(10)12/h3-4,7,16H,2,5-6H2,1H3. The quantitative estimate of drug-likeness (QED) is 0.639. The van der Waals surface area contributed by atoms with Gasteiger partial charge >= 0.3 is 6.18 Å². The molecule has 1 nitrogen and oxygen atoms in total. The van der Waals surface area contributed by atoms with Crippen LogP contribution in [0.1, 0.15) is 12.0 Å². The van der Waals surface area contributed by atoms with E-state index in [-0.39, 0.29) is 5.69 Å². The van der Waals surface area contributed by atoms with Crippen molar-refractivity contribution in [1.29, 1.82) is 0 Å². The van der Waals surface area contributed by atoms with Gasteiger partial charge in [-0.3, -0.25) is 0 Å². The Balaban J connectivity index is 2.70. The molecule has 0 heterocycles. The van der Waals surface area contributed by atoms with Gasteiger partial charge in [-0.05, 0) is 36.6 Å². The van der Waals surface area contributed by atoms with E-state index >= 15 is 0 Å². The van der Waals surface area contributed by atoms with E-state index in [1.165, 1.54) is 0 Å². The van der Waals surface area contributed by atoms with E-state index in [0.717, 1.165) is 30.4 Å². The second kappa shape index (κ2) is 6.14. The molecule has 0 aromatic heterocycles. The third kappa shape index (κ3) is 4.46. The molecule has 0 radical (unpaired) electrons. The summed E-state index contributed by atoms with van der Waals surface area (Å²) in [7, 11) is 0. The van der Waals surface area contributed by atoms with Gasteiger partial charge in [0.1, 0.15) is 5.82 Å². The van der Waals surface area contributed by atoms with Crippen molar-refractivity contribution in [3.63, 3.8) is 0 Å². The van der Waals surface area contributed by atoms with Gasteiger partial charge in [0.25, 0.3) is 0 Å². The predicted octanol–water partition coefficient (Wildman–Crippen LogP) is 4.01. The van der Waals surface area contributed by atoms with Gasteiger partial charge in [0, 0.05) is 6.54 Å². The molecule has 1 aromatic carbocycles. The molecule has 1 aromatic rings. The van der Waals surface area contributed by atoms with Crippen LogP contribution >= 0.6 is 11.8 Å². The van der Waals surface area contributed by atoms with E-state index < -0.39 is 17.6 Å². The maximum absolute atomic E-state index is 13.2. The molecule has 0 amide bonds. The van der Waals surface area contributed by atoms with E-state index in [2.05, 4.69) is 5.32 Å². The van der Waals surface area contributed by atoms with Crippen LogP contribution in [0.25, 0.3) is 0 Å². The highest BCUT2D eigenvalue weighted by Gasteiger charge is 2.31. The summed E-state index contributed by atoms with van der Waals surface area (Å²) >= 11 is 1.63. The molecule has 0 spiro atoms. The third-order valence-corrected chi connectivity index (χ3v) is 2.83. The lowest BCUT2D eigenvalue weighted by Crippen LogP contribution is -2.09. The largest absolute Gasteiger partial charge is 0.416 e. The number of hydrogen-bond donors (Lipinski definition) is 1. The number of rotatable bonds is 5. The summed E-state index contributed by atoms with van der Waals surface area (Å²) in [6.45, 7) is 0.457. The Labute approximate surface area is 102 Å². The summed E-state index contributed by atoms with van der Waals surface area (Å²) in [5.41, 5.74) is -0.938. The minimum Gasteiger partial charge on any atom is -0.383 e. The second-order valence-corrected chi connectivity index (χ2v) is 4.45. The number of hydrogen-bond acceptors (Lipinski definition) is 2. The summed E-state index contributed by atoms with van der Waals surface area (Å²) in [5.74, 6) is 0.218. The van der Waals surface area contributed by atoms with Crippen molar-refractivity contribution < 1.29 is 17.6 Å². The number of halogens is 4. The molecule has 0 aliphatic carbocycles. The Morgan fingerprint density at radius 1 is 1.29 bits per heavy atom. The average Bonchev–Trinajstić information content (AvgIpc) is 2.25. The van der Waals surface area contributed by atoms with Gasteiger partial charge in [0.2, 0.25) is 0 Å². The lowest BCUT2D eigenvalue weighted by Gasteiger charge is -2.11. The van der Waals surface area contributed by atoms with Crippen LogP contribution < -0.4 is 5.32 Å². The van der Waals surface area contributed by atoms with Crippen molar-refractivity contribution >= 4 is 17.4 Å². The molecule has 0 unspecified atom stereocenters. The molecule has 0 atom stereocenters. The normalized spacial score (nSPS) is 11.6. The summed E-state index contributed by atoms with van der Waals surface area (Å²) in [4.78, 5) is 0. The first-order valence-corrected chi connectivity index (χ1v) is 6.44. The molecule has 96 valence electrons. The summed E-state index contributed by atoms with van der Waals surface area (Å²) in [6.07, 6.45) is -1.73. The summed E-state index contributed by atoms with van der Waals surface area (Å²) < 4.78 is 50.4. The molecule has 0 bridgehead atoms. The lowest BCUT2D eigenvalue weighted by atomic mass is 10.2. The zero-order valence-electron chi connectivity index (χ0n) is 9.27. The van der Waals surface area contributed by atoms with Crippen molar-refractivity contribution in [1.82, 2.24) is 0 Å². The number of alkyl halides is 3. The van der Waals surface area contributed by atoms with Gasteiger partial charge in [-0.2, -0.15) is 24.9 Å². The van der Waals surface area contributed by atoms with Crippen molar-refractivity contribution in [2.45, 2.75) is 12.6 Å². The zero-order chi connectivity index (χ0) is 12.9. The molecule has 6 heteroatoms. The number of anilines is 1. The molecule has 17 heavy (non-hydrogen) atoms. The van der Waals surface area contributed by atoms with E-state index in [4.69, 9.17) is 0 Å². The fourth-order valence-electron chi connectivity index (χ4n) is 1.28. The zero-order valence-corrected chi connectivity index (χ0v) is 10.1. The molecule has 1 rings (SSSR count). The van der Waals surface area contributed by atoms with Gasteiger partial charge in [-0.25, -0.2) is 4.39 Å². The highest BCUT2D eigenvalue weighted by atomic mass is 32.2. The van der Waals surface area contributed by atoms with Crippen LogP contribution in [0, 0.1) is 5.82 Å². The molecular weight excluding hydrogens is 254 g/mol. The van der Waals surface area contributed by atoms with Gasteiger partial charge in [-0.15, -0.1) is 0 Å². The average molecular weight is 267 g/mol. The molecule has 0 saturated carbocycles. The SMILES string of the molecule is CSCCCNc1cc(C(F)(F)F)ccc1F. The van der Waals surface area contributed by atoms with Crippen LogP contribution in [0.5, 0.6) is 0 Å². The monoisotopic (exact) mass is 267 g/mol. The van der Waals surface area contributed by atoms with Crippen LogP contribution in [0.4, 0.5) is 23.2 Å². The first kappa shape index (κ1) is 14.2.